The summed E-state index contributed by atoms with van der Waals surface area (Å²) in [5.41, 5.74) is 0. The van der Waals surface area contributed by atoms with Crippen LogP contribution >= 0.6 is 8.25 Å². The van der Waals surface area contributed by atoms with Crippen LogP contribution in [0.25, 0.3) is 0 Å². The van der Waals surface area contributed by atoms with E-state index in [1.807, 2.05) is 0 Å². The van der Waals surface area contributed by atoms with E-state index in [1.165, 1.54) is 0 Å². The van der Waals surface area contributed by atoms with Crippen molar-refractivity contribution in [3.63, 3.8) is 0 Å². The van der Waals surface area contributed by atoms with Crippen LogP contribution in [0.3, 0.4) is 0 Å². The molecule has 0 aliphatic carbocycles. The molecule has 0 spiro atoms. The molecule has 0 fully saturated rings. The maximum atomic E-state index is 9.18. The Kier molecular flexibility index (Phi) is 7.77. The number of rotatable bonds is 1. The summed E-state index contributed by atoms with van der Waals surface area (Å²) in [6.45, 7) is 0. The van der Waals surface area contributed by atoms with Crippen LogP contribution in [0.4, 0.5) is 0 Å². The van der Waals surface area contributed by atoms with E-state index in [4.69, 9.17) is 0 Å². The van der Waals surface area contributed by atoms with Crippen LogP contribution in [0.1, 0.15) is 0 Å². The highest BCUT2D eigenvalue weighted by molar-refractivity contribution is 7.30. The van der Waals surface area contributed by atoms with E-state index in [0.29, 0.717) is 0 Å². The van der Waals surface area contributed by atoms with Gasteiger partial charge >= 0.3 is 8.25 Å². The summed E-state index contributed by atoms with van der Waals surface area (Å²) in [6.07, 6.45) is 0. The average Bonchev–Trinajstić information content (AvgIpc) is 1.38. The first kappa shape index (κ1) is 9.36. The second kappa shape index (κ2) is 4.98. The Morgan fingerprint density at radius 1 is 1.83 bits per heavy atom. The van der Waals surface area contributed by atoms with Gasteiger partial charge in [0.05, 0.1) is 7.11 Å². The first-order valence-corrected chi connectivity index (χ1v) is 2.05. The number of hydrogen-bond donors (Lipinski definition) is 1. The van der Waals surface area contributed by atoms with Gasteiger partial charge in [-0.1, -0.05) is 0 Å². The Bertz CT molecular complexity index is 46.1. The molecular formula is CH7NO3P+. The predicted octanol–water partition coefficient (Wildman–Crippen LogP) is 0.0267. The van der Waals surface area contributed by atoms with Gasteiger partial charge in [-0.2, -0.15) is 4.52 Å². The fourth-order valence-electron chi connectivity index (χ4n) is 0. The summed E-state index contributed by atoms with van der Waals surface area (Å²) >= 11 is 0. The number of quaternary nitrogens is 1. The molecular weight excluding hydrogens is 105 g/mol. The van der Waals surface area contributed by atoms with Crippen molar-refractivity contribution in [2.24, 2.45) is 0 Å². The molecule has 0 aromatic carbocycles. The third-order valence-corrected chi connectivity index (χ3v) is 0.447. The lowest BCUT2D eigenvalue weighted by Crippen LogP contribution is -1.84. The quantitative estimate of drug-likeness (QED) is 0.485. The molecule has 0 aromatic heterocycles. The summed E-state index contributed by atoms with van der Waals surface area (Å²) < 4.78 is 12.9. The molecule has 0 bridgehead atoms. The molecule has 0 radical (unpaired) electrons. The maximum absolute atomic E-state index is 9.18. The smallest absolute Gasteiger partial charge is 0.488 e. The summed E-state index contributed by atoms with van der Waals surface area (Å²) in [6, 6.07) is 0. The monoisotopic (exact) mass is 112 g/mol. The SMILES string of the molecule is CO[P+](=O)[O-].[NH4+]. The molecule has 4 nitrogen and oxygen atoms in total. The molecule has 5 heteroatoms. The average molecular weight is 112 g/mol. The van der Waals surface area contributed by atoms with E-state index in [0.717, 1.165) is 7.11 Å². The summed E-state index contributed by atoms with van der Waals surface area (Å²) in [5.74, 6) is 0. The molecule has 0 amide bonds. The van der Waals surface area contributed by atoms with E-state index < -0.39 is 8.25 Å². The molecule has 38 valence electrons. The first-order valence-electron chi connectivity index (χ1n) is 0.956. The van der Waals surface area contributed by atoms with Crippen LogP contribution < -0.4 is 11.0 Å². The van der Waals surface area contributed by atoms with E-state index >= 15 is 0 Å². The second-order valence-corrected chi connectivity index (χ2v) is 1.22. The Hall–Kier alpha value is -0.0200. The van der Waals surface area contributed by atoms with Crippen LogP contribution in [-0.2, 0) is 9.09 Å². The molecule has 0 aliphatic heterocycles. The van der Waals surface area contributed by atoms with E-state index in [2.05, 4.69) is 4.52 Å². The van der Waals surface area contributed by atoms with Crippen molar-refractivity contribution in [2.75, 3.05) is 7.11 Å². The van der Waals surface area contributed by atoms with Crippen LogP contribution in [0.2, 0.25) is 0 Å². The molecule has 0 saturated carbocycles. The van der Waals surface area contributed by atoms with Crippen LogP contribution in [0, 0.1) is 0 Å². The van der Waals surface area contributed by atoms with Gasteiger partial charge in [-0.3, -0.25) is 0 Å². The van der Waals surface area contributed by atoms with E-state index in [-0.39, 0.29) is 6.15 Å². The van der Waals surface area contributed by atoms with Crippen molar-refractivity contribution in [1.82, 2.24) is 6.15 Å². The Morgan fingerprint density at radius 2 is 2.00 bits per heavy atom. The molecule has 0 aliphatic rings. The lowest BCUT2D eigenvalue weighted by Gasteiger charge is -1.70. The molecule has 0 heterocycles. The van der Waals surface area contributed by atoms with Gasteiger partial charge in [-0.25, -0.2) is 0 Å². The highest BCUT2D eigenvalue weighted by Gasteiger charge is 1.86. The van der Waals surface area contributed by atoms with Crippen molar-refractivity contribution in [2.45, 2.75) is 0 Å². The molecule has 0 rings (SSSR count). The number of hydrogen-bond acceptors (Lipinski definition) is 3. The molecule has 0 saturated heterocycles. The van der Waals surface area contributed by atoms with Gasteiger partial charge in [0.2, 0.25) is 0 Å². The summed E-state index contributed by atoms with van der Waals surface area (Å²) in [5, 5.41) is 0. The largest absolute Gasteiger partial charge is 0.566 e. The molecule has 1 atom stereocenters. The molecule has 4 N–H and O–H groups in total. The van der Waals surface area contributed by atoms with Crippen LogP contribution in [0.15, 0.2) is 0 Å². The minimum Gasteiger partial charge on any atom is -0.566 e. The molecule has 6 heavy (non-hydrogen) atoms. The lowest BCUT2D eigenvalue weighted by atomic mass is 11.8. The van der Waals surface area contributed by atoms with Gasteiger partial charge in [0, 0.05) is 0 Å². The molecule has 0 aromatic rings. The minimum absolute atomic E-state index is 0. The standard InChI is InChI=1S/CH3O3P.H3N/c1-4-5(2)3;/h1H3;1H3/p+1. The highest BCUT2D eigenvalue weighted by atomic mass is 31.1. The van der Waals surface area contributed by atoms with Gasteiger partial charge in [0.15, 0.2) is 0 Å². The fourth-order valence-corrected chi connectivity index (χ4v) is 0. The maximum Gasteiger partial charge on any atom is 0.488 e. The first-order chi connectivity index (χ1) is 2.27. The second-order valence-electron chi connectivity index (χ2n) is 0.406. The predicted molar refractivity (Wildman–Crippen MR) is 20.6 cm³/mol. The third kappa shape index (κ3) is 9.02. The summed E-state index contributed by atoms with van der Waals surface area (Å²) in [4.78, 5) is 9.18. The van der Waals surface area contributed by atoms with Crippen molar-refractivity contribution in [3.05, 3.63) is 0 Å². The summed E-state index contributed by atoms with van der Waals surface area (Å²) in [7, 11) is -1.50. The normalized spacial score (nSPS) is 9.33. The van der Waals surface area contributed by atoms with Crippen molar-refractivity contribution in [1.29, 1.82) is 0 Å². The van der Waals surface area contributed by atoms with Crippen molar-refractivity contribution in [3.8, 4) is 0 Å². The van der Waals surface area contributed by atoms with E-state index in [9.17, 15) is 9.46 Å². The third-order valence-electron chi connectivity index (χ3n) is 0.149. The van der Waals surface area contributed by atoms with Gasteiger partial charge < -0.3 is 11.0 Å². The Balaban J connectivity index is 0. The Labute approximate surface area is 36.7 Å². The zero-order valence-electron chi connectivity index (χ0n) is 3.67. The van der Waals surface area contributed by atoms with Gasteiger partial charge in [-0.05, 0) is 4.57 Å². The van der Waals surface area contributed by atoms with E-state index in [1.54, 1.807) is 0 Å². The highest BCUT2D eigenvalue weighted by Crippen LogP contribution is 2.02. The fraction of sp³-hybridized carbons (Fsp3) is 1.00. The van der Waals surface area contributed by atoms with Gasteiger partial charge in [0.25, 0.3) is 0 Å². The van der Waals surface area contributed by atoms with Crippen LogP contribution in [0.5, 0.6) is 0 Å². The minimum atomic E-state index is -2.60. The Morgan fingerprint density at radius 3 is 2.00 bits per heavy atom. The van der Waals surface area contributed by atoms with Crippen molar-refractivity contribution >= 4 is 8.25 Å². The zero-order valence-corrected chi connectivity index (χ0v) is 4.57. The van der Waals surface area contributed by atoms with Gasteiger partial charge in [0.1, 0.15) is 0 Å². The van der Waals surface area contributed by atoms with Crippen molar-refractivity contribution < 1.29 is 14.0 Å². The molecule has 1 unspecified atom stereocenters. The van der Waals surface area contributed by atoms with Crippen LogP contribution in [-0.4, -0.2) is 7.11 Å². The van der Waals surface area contributed by atoms with Gasteiger partial charge in [-0.15, -0.1) is 0 Å². The topological polar surface area (TPSA) is 85.9 Å². The zero-order chi connectivity index (χ0) is 4.28. The lowest BCUT2D eigenvalue weighted by molar-refractivity contribution is -0.183.